The summed E-state index contributed by atoms with van der Waals surface area (Å²) >= 11 is 0. The lowest BCUT2D eigenvalue weighted by molar-refractivity contribution is -0.210. The fourth-order valence-electron chi connectivity index (χ4n) is 3.84. The summed E-state index contributed by atoms with van der Waals surface area (Å²) in [5.74, 6) is -0.0771. The minimum Gasteiger partial charge on any atom is -0.371 e. The van der Waals surface area contributed by atoms with Crippen LogP contribution >= 0.6 is 0 Å². The Balaban J connectivity index is 1.73. The average molecular weight is 401 g/mol. The van der Waals surface area contributed by atoms with E-state index in [4.69, 9.17) is 4.84 Å². The van der Waals surface area contributed by atoms with Gasteiger partial charge in [-0.15, -0.1) is 0 Å². The number of aryl methyl sites for hydroxylation is 1. The van der Waals surface area contributed by atoms with Gasteiger partial charge in [0.15, 0.2) is 0 Å². The smallest absolute Gasteiger partial charge is 0.271 e. The standard InChI is InChI=1S/C26H28N2O2/c1-19-13-15-20(16-14-19)17-24-22-11-7-8-12-23(22)27-26(2,3)25(29)28(24)30-18-21-9-5-4-6-10-21/h4-16,24,27H,17-18H2,1-3H3/t24-/m1/s1. The zero-order chi connectivity index (χ0) is 21.1. The van der Waals surface area contributed by atoms with Gasteiger partial charge in [0.25, 0.3) is 5.91 Å². The molecule has 1 amide bonds. The van der Waals surface area contributed by atoms with E-state index >= 15 is 0 Å². The summed E-state index contributed by atoms with van der Waals surface area (Å²) in [5.41, 5.74) is 4.67. The normalized spacial score (nSPS) is 17.8. The molecule has 0 aliphatic carbocycles. The number of fused-ring (bicyclic) bond motifs is 1. The van der Waals surface area contributed by atoms with Gasteiger partial charge < -0.3 is 5.32 Å². The van der Waals surface area contributed by atoms with Crippen LogP contribution in [0.3, 0.4) is 0 Å². The molecule has 4 rings (SSSR count). The third-order valence-corrected chi connectivity index (χ3v) is 5.55. The number of benzene rings is 3. The second-order valence-corrected chi connectivity index (χ2v) is 8.43. The number of hydrogen-bond donors (Lipinski definition) is 1. The first-order valence-corrected chi connectivity index (χ1v) is 10.4. The quantitative estimate of drug-likeness (QED) is 0.620. The van der Waals surface area contributed by atoms with E-state index in [1.54, 1.807) is 5.06 Å². The summed E-state index contributed by atoms with van der Waals surface area (Å²) in [6, 6.07) is 26.3. The molecule has 4 nitrogen and oxygen atoms in total. The summed E-state index contributed by atoms with van der Waals surface area (Å²) in [6.07, 6.45) is 0.676. The Morgan fingerprint density at radius 3 is 2.30 bits per heavy atom. The van der Waals surface area contributed by atoms with Gasteiger partial charge in [-0.3, -0.25) is 9.63 Å². The highest BCUT2D eigenvalue weighted by atomic mass is 16.7. The van der Waals surface area contributed by atoms with Crippen LogP contribution in [0.2, 0.25) is 0 Å². The van der Waals surface area contributed by atoms with Crippen LogP contribution in [0.25, 0.3) is 0 Å². The van der Waals surface area contributed by atoms with E-state index in [-0.39, 0.29) is 11.9 Å². The molecule has 0 spiro atoms. The first-order valence-electron chi connectivity index (χ1n) is 10.4. The number of hydroxylamine groups is 2. The lowest BCUT2D eigenvalue weighted by Gasteiger charge is -2.33. The minimum absolute atomic E-state index is 0.0771. The number of para-hydroxylation sites is 1. The molecule has 1 N–H and O–H groups in total. The molecule has 1 atom stereocenters. The van der Waals surface area contributed by atoms with Crippen molar-refractivity contribution in [1.29, 1.82) is 0 Å². The summed E-state index contributed by atoms with van der Waals surface area (Å²) < 4.78 is 0. The second-order valence-electron chi connectivity index (χ2n) is 8.43. The Hall–Kier alpha value is -3.11. The maximum absolute atomic E-state index is 13.6. The van der Waals surface area contributed by atoms with E-state index in [0.29, 0.717) is 13.0 Å². The Bertz CT molecular complexity index is 1010. The molecular formula is C26H28N2O2. The third-order valence-electron chi connectivity index (χ3n) is 5.55. The van der Waals surface area contributed by atoms with Gasteiger partial charge in [0.2, 0.25) is 0 Å². The van der Waals surface area contributed by atoms with Crippen LogP contribution in [0.5, 0.6) is 0 Å². The topological polar surface area (TPSA) is 41.6 Å². The average Bonchev–Trinajstić information content (AvgIpc) is 2.82. The molecule has 3 aromatic rings. The molecule has 0 bridgehead atoms. The monoisotopic (exact) mass is 400 g/mol. The third kappa shape index (κ3) is 4.24. The largest absolute Gasteiger partial charge is 0.371 e. The van der Waals surface area contributed by atoms with Crippen molar-refractivity contribution in [2.45, 2.75) is 45.4 Å². The van der Waals surface area contributed by atoms with Crippen molar-refractivity contribution in [1.82, 2.24) is 5.06 Å². The van der Waals surface area contributed by atoms with Crippen LogP contribution < -0.4 is 5.32 Å². The van der Waals surface area contributed by atoms with Crippen molar-refractivity contribution in [3.8, 4) is 0 Å². The van der Waals surface area contributed by atoms with Crippen LogP contribution in [-0.4, -0.2) is 16.5 Å². The first kappa shape index (κ1) is 20.2. The fourth-order valence-corrected chi connectivity index (χ4v) is 3.84. The Morgan fingerprint density at radius 2 is 1.57 bits per heavy atom. The number of anilines is 1. The van der Waals surface area contributed by atoms with Crippen molar-refractivity contribution in [3.63, 3.8) is 0 Å². The minimum atomic E-state index is -0.783. The summed E-state index contributed by atoms with van der Waals surface area (Å²) in [4.78, 5) is 19.8. The lowest BCUT2D eigenvalue weighted by atomic mass is 9.97. The van der Waals surface area contributed by atoms with Crippen LogP contribution in [0, 0.1) is 6.92 Å². The maximum Gasteiger partial charge on any atom is 0.271 e. The van der Waals surface area contributed by atoms with E-state index in [1.807, 2.05) is 62.4 Å². The Labute approximate surface area is 178 Å². The summed E-state index contributed by atoms with van der Waals surface area (Å²) in [5, 5.41) is 5.02. The number of carbonyl (C=O) groups is 1. The van der Waals surface area contributed by atoms with Gasteiger partial charge in [-0.1, -0.05) is 78.4 Å². The number of hydrogen-bond acceptors (Lipinski definition) is 3. The highest BCUT2D eigenvalue weighted by molar-refractivity contribution is 5.90. The zero-order valence-electron chi connectivity index (χ0n) is 17.8. The number of amides is 1. The maximum atomic E-state index is 13.6. The SMILES string of the molecule is Cc1ccc(C[C@@H]2c3ccccc3NC(C)(C)C(=O)N2OCc2ccccc2)cc1. The van der Waals surface area contributed by atoms with Gasteiger partial charge in [-0.25, -0.2) is 5.06 Å². The number of nitrogens with zero attached hydrogens (tertiary/aromatic N) is 1. The zero-order valence-corrected chi connectivity index (χ0v) is 17.8. The summed E-state index contributed by atoms with van der Waals surface area (Å²) in [6.45, 7) is 6.23. The van der Waals surface area contributed by atoms with E-state index in [2.05, 4.69) is 42.6 Å². The molecule has 154 valence electrons. The van der Waals surface area contributed by atoms with Crippen molar-refractivity contribution in [3.05, 3.63) is 101 Å². The second kappa shape index (κ2) is 8.33. The van der Waals surface area contributed by atoms with Crippen molar-refractivity contribution in [2.75, 3.05) is 5.32 Å². The molecule has 3 aromatic carbocycles. The Morgan fingerprint density at radius 1 is 0.900 bits per heavy atom. The van der Waals surface area contributed by atoms with Gasteiger partial charge in [0, 0.05) is 11.3 Å². The highest BCUT2D eigenvalue weighted by Gasteiger charge is 2.41. The van der Waals surface area contributed by atoms with Gasteiger partial charge in [-0.05, 0) is 44.4 Å². The van der Waals surface area contributed by atoms with E-state index < -0.39 is 5.54 Å². The van der Waals surface area contributed by atoms with Crippen molar-refractivity contribution < 1.29 is 9.63 Å². The van der Waals surface area contributed by atoms with Gasteiger partial charge in [0.05, 0.1) is 6.04 Å². The Kier molecular flexibility index (Phi) is 5.60. The fraction of sp³-hybridized carbons (Fsp3) is 0.269. The van der Waals surface area contributed by atoms with Crippen LogP contribution in [-0.2, 0) is 22.7 Å². The van der Waals surface area contributed by atoms with E-state index in [0.717, 1.165) is 16.8 Å². The predicted octanol–water partition coefficient (Wildman–Crippen LogP) is 5.44. The number of rotatable bonds is 5. The van der Waals surface area contributed by atoms with Crippen LogP contribution in [0.4, 0.5) is 5.69 Å². The first-order chi connectivity index (χ1) is 14.4. The molecular weight excluding hydrogens is 372 g/mol. The molecule has 0 unspecified atom stereocenters. The lowest BCUT2D eigenvalue weighted by Crippen LogP contribution is -2.49. The molecule has 0 radical (unpaired) electrons. The molecule has 0 fully saturated rings. The van der Waals surface area contributed by atoms with Gasteiger partial charge in [-0.2, -0.15) is 0 Å². The van der Waals surface area contributed by atoms with E-state index in [1.165, 1.54) is 11.1 Å². The summed E-state index contributed by atoms with van der Waals surface area (Å²) in [7, 11) is 0. The van der Waals surface area contributed by atoms with E-state index in [9.17, 15) is 4.79 Å². The molecule has 1 heterocycles. The molecule has 1 aliphatic heterocycles. The van der Waals surface area contributed by atoms with Crippen molar-refractivity contribution in [2.24, 2.45) is 0 Å². The number of nitrogens with one attached hydrogen (secondary N) is 1. The molecule has 0 saturated heterocycles. The predicted molar refractivity (Wildman–Crippen MR) is 120 cm³/mol. The number of carbonyl (C=O) groups excluding carboxylic acids is 1. The van der Waals surface area contributed by atoms with Gasteiger partial charge in [0.1, 0.15) is 12.1 Å². The van der Waals surface area contributed by atoms with Crippen LogP contribution in [0.1, 0.15) is 42.1 Å². The highest BCUT2D eigenvalue weighted by Crippen LogP contribution is 2.37. The van der Waals surface area contributed by atoms with Gasteiger partial charge >= 0.3 is 0 Å². The molecule has 4 heteroatoms. The molecule has 1 aliphatic rings. The van der Waals surface area contributed by atoms with Crippen LogP contribution in [0.15, 0.2) is 78.9 Å². The molecule has 0 saturated carbocycles. The molecule has 30 heavy (non-hydrogen) atoms. The van der Waals surface area contributed by atoms with Crippen molar-refractivity contribution >= 4 is 11.6 Å². The molecule has 0 aromatic heterocycles.